The van der Waals surface area contributed by atoms with E-state index in [4.69, 9.17) is 20.6 Å². The van der Waals surface area contributed by atoms with Crippen molar-refractivity contribution in [1.82, 2.24) is 0 Å². The van der Waals surface area contributed by atoms with Crippen LogP contribution in [-0.4, -0.2) is 19.7 Å². The summed E-state index contributed by atoms with van der Waals surface area (Å²) >= 11 is 0. The lowest BCUT2D eigenvalue weighted by Gasteiger charge is -2.05. The van der Waals surface area contributed by atoms with E-state index in [-0.39, 0.29) is 12.6 Å². The first kappa shape index (κ1) is 9.54. The summed E-state index contributed by atoms with van der Waals surface area (Å²) in [5.41, 5.74) is 5.95. The predicted molar refractivity (Wildman–Crippen MR) is 50.0 cm³/mol. The molecule has 0 saturated heterocycles. The Morgan fingerprint density at radius 2 is 2.31 bits per heavy atom. The molecule has 1 rings (SSSR count). The molecule has 70 valence electrons. The van der Waals surface area contributed by atoms with Crippen molar-refractivity contribution in [3.63, 3.8) is 0 Å². The van der Waals surface area contributed by atoms with Gasteiger partial charge in [0.25, 0.3) is 0 Å². The molecule has 0 unspecified atom stereocenters. The fraction of sp³-hybridized carbons (Fsp3) is 0.222. The summed E-state index contributed by atoms with van der Waals surface area (Å²) in [6.45, 7) is 0.196. The van der Waals surface area contributed by atoms with Crippen molar-refractivity contribution in [2.75, 3.05) is 13.9 Å². The molecule has 0 saturated carbocycles. The molecule has 0 aliphatic heterocycles. The second-order valence-corrected chi connectivity index (χ2v) is 2.49. The molecule has 0 aromatic heterocycles. The second kappa shape index (κ2) is 4.47. The Labute approximate surface area is 76.8 Å². The van der Waals surface area contributed by atoms with Crippen molar-refractivity contribution in [3.05, 3.63) is 29.8 Å². The van der Waals surface area contributed by atoms with Gasteiger partial charge in [-0.15, -0.1) is 0 Å². The normalized spacial score (nSPS) is 9.62. The summed E-state index contributed by atoms with van der Waals surface area (Å²) in [5.74, 6) is 0.678. The molecule has 0 aliphatic carbocycles. The zero-order valence-corrected chi connectivity index (χ0v) is 7.41. The Balaban J connectivity index is 2.73. The van der Waals surface area contributed by atoms with Gasteiger partial charge in [-0.05, 0) is 12.1 Å². The molecular weight excluding hydrogens is 168 g/mol. The largest absolute Gasteiger partial charge is 0.468 e. The fourth-order valence-corrected chi connectivity index (χ4v) is 0.880. The van der Waals surface area contributed by atoms with Crippen molar-refractivity contribution in [1.29, 1.82) is 5.41 Å². The minimum atomic E-state index is 0.0304. The van der Waals surface area contributed by atoms with Gasteiger partial charge in [0.1, 0.15) is 11.6 Å². The zero-order valence-electron chi connectivity index (χ0n) is 7.41. The van der Waals surface area contributed by atoms with E-state index in [9.17, 15) is 0 Å². The van der Waals surface area contributed by atoms with Crippen LogP contribution in [0.25, 0.3) is 0 Å². The number of benzene rings is 1. The van der Waals surface area contributed by atoms with E-state index in [0.717, 1.165) is 0 Å². The van der Waals surface area contributed by atoms with Gasteiger partial charge in [-0.2, -0.15) is 0 Å². The Kier molecular flexibility index (Phi) is 3.28. The standard InChI is InChI=1S/C9H12N2O2/c1-12-6-13-8-4-2-3-7(5-8)9(10)11/h2-5H,6H2,1H3,(H3,10,11). The van der Waals surface area contributed by atoms with E-state index in [2.05, 4.69) is 0 Å². The van der Waals surface area contributed by atoms with Gasteiger partial charge in [0.05, 0.1) is 0 Å². The quantitative estimate of drug-likeness (QED) is 0.412. The van der Waals surface area contributed by atoms with E-state index in [0.29, 0.717) is 11.3 Å². The Morgan fingerprint density at radius 1 is 1.54 bits per heavy atom. The molecule has 3 N–H and O–H groups in total. The van der Waals surface area contributed by atoms with E-state index >= 15 is 0 Å². The fourth-order valence-electron chi connectivity index (χ4n) is 0.880. The van der Waals surface area contributed by atoms with E-state index < -0.39 is 0 Å². The molecule has 0 aliphatic rings. The molecule has 0 bridgehead atoms. The summed E-state index contributed by atoms with van der Waals surface area (Å²) in [7, 11) is 1.55. The molecule has 0 atom stereocenters. The number of ether oxygens (including phenoxy) is 2. The summed E-state index contributed by atoms with van der Waals surface area (Å²) in [6.07, 6.45) is 0. The maximum atomic E-state index is 7.20. The molecule has 4 heteroatoms. The van der Waals surface area contributed by atoms with Gasteiger partial charge in [0.15, 0.2) is 6.79 Å². The van der Waals surface area contributed by atoms with Crippen LogP contribution in [-0.2, 0) is 4.74 Å². The number of hydrogen-bond donors (Lipinski definition) is 2. The van der Waals surface area contributed by atoms with Crippen LogP contribution in [0.15, 0.2) is 24.3 Å². The average molecular weight is 180 g/mol. The van der Waals surface area contributed by atoms with Crippen LogP contribution in [0.3, 0.4) is 0 Å². The number of amidine groups is 1. The van der Waals surface area contributed by atoms with Gasteiger partial charge in [-0.1, -0.05) is 12.1 Å². The zero-order chi connectivity index (χ0) is 9.68. The molecule has 0 fully saturated rings. The summed E-state index contributed by atoms with van der Waals surface area (Å²) in [5, 5.41) is 7.20. The van der Waals surface area contributed by atoms with Crippen molar-refractivity contribution in [2.24, 2.45) is 5.73 Å². The molecule has 4 nitrogen and oxygen atoms in total. The van der Waals surface area contributed by atoms with Crippen molar-refractivity contribution < 1.29 is 9.47 Å². The van der Waals surface area contributed by atoms with Gasteiger partial charge in [0, 0.05) is 12.7 Å². The summed E-state index contributed by atoms with van der Waals surface area (Å²) in [4.78, 5) is 0. The number of nitrogen functional groups attached to an aromatic ring is 1. The highest BCUT2D eigenvalue weighted by atomic mass is 16.7. The average Bonchev–Trinajstić information content (AvgIpc) is 2.15. The highest BCUT2D eigenvalue weighted by Crippen LogP contribution is 2.12. The Morgan fingerprint density at radius 3 is 2.92 bits per heavy atom. The third-order valence-electron chi connectivity index (χ3n) is 1.49. The molecule has 0 radical (unpaired) electrons. The lowest BCUT2D eigenvalue weighted by Crippen LogP contribution is -2.11. The molecule has 1 aromatic carbocycles. The minimum Gasteiger partial charge on any atom is -0.468 e. The third-order valence-corrected chi connectivity index (χ3v) is 1.49. The second-order valence-electron chi connectivity index (χ2n) is 2.49. The molecule has 0 spiro atoms. The van der Waals surface area contributed by atoms with Gasteiger partial charge < -0.3 is 15.2 Å². The van der Waals surface area contributed by atoms with Crippen molar-refractivity contribution in [2.45, 2.75) is 0 Å². The first-order chi connectivity index (χ1) is 6.24. The number of nitrogens with one attached hydrogen (secondary N) is 1. The molecular formula is C9H12N2O2. The van der Waals surface area contributed by atoms with Gasteiger partial charge in [-0.25, -0.2) is 0 Å². The predicted octanol–water partition coefficient (Wildman–Crippen LogP) is 0.953. The number of nitrogens with two attached hydrogens (primary N) is 1. The van der Waals surface area contributed by atoms with E-state index in [1.807, 2.05) is 0 Å². The van der Waals surface area contributed by atoms with Crippen LogP contribution in [0.5, 0.6) is 5.75 Å². The Bertz CT molecular complexity index is 299. The van der Waals surface area contributed by atoms with E-state index in [1.165, 1.54) is 0 Å². The summed E-state index contributed by atoms with van der Waals surface area (Å²) in [6, 6.07) is 7.01. The van der Waals surface area contributed by atoms with E-state index in [1.54, 1.807) is 31.4 Å². The van der Waals surface area contributed by atoms with Crippen molar-refractivity contribution in [3.8, 4) is 5.75 Å². The molecule has 0 heterocycles. The third kappa shape index (κ3) is 2.76. The van der Waals surface area contributed by atoms with Crippen LogP contribution in [0.1, 0.15) is 5.56 Å². The highest BCUT2D eigenvalue weighted by Gasteiger charge is 1.98. The van der Waals surface area contributed by atoms with Crippen LogP contribution < -0.4 is 10.5 Å². The maximum Gasteiger partial charge on any atom is 0.188 e. The highest BCUT2D eigenvalue weighted by molar-refractivity contribution is 5.95. The van der Waals surface area contributed by atoms with Gasteiger partial charge in [-0.3, -0.25) is 5.41 Å². The topological polar surface area (TPSA) is 68.3 Å². The lowest BCUT2D eigenvalue weighted by atomic mass is 10.2. The Hall–Kier alpha value is -1.55. The van der Waals surface area contributed by atoms with Crippen LogP contribution in [0, 0.1) is 5.41 Å². The molecule has 0 amide bonds. The number of methoxy groups -OCH3 is 1. The monoisotopic (exact) mass is 180 g/mol. The summed E-state index contributed by atoms with van der Waals surface area (Å²) < 4.78 is 9.91. The van der Waals surface area contributed by atoms with Crippen LogP contribution >= 0.6 is 0 Å². The number of hydrogen-bond acceptors (Lipinski definition) is 3. The van der Waals surface area contributed by atoms with Gasteiger partial charge >= 0.3 is 0 Å². The first-order valence-corrected chi connectivity index (χ1v) is 3.80. The molecule has 13 heavy (non-hydrogen) atoms. The maximum absolute atomic E-state index is 7.20. The van der Waals surface area contributed by atoms with Gasteiger partial charge in [0.2, 0.25) is 0 Å². The molecule has 1 aromatic rings. The lowest BCUT2D eigenvalue weighted by molar-refractivity contribution is 0.0511. The van der Waals surface area contributed by atoms with Crippen LogP contribution in [0.4, 0.5) is 0 Å². The first-order valence-electron chi connectivity index (χ1n) is 3.80. The number of rotatable bonds is 4. The van der Waals surface area contributed by atoms with Crippen LogP contribution in [0.2, 0.25) is 0 Å². The minimum absolute atomic E-state index is 0.0304. The SMILES string of the molecule is COCOc1cccc(C(=N)N)c1. The smallest absolute Gasteiger partial charge is 0.188 e. The van der Waals surface area contributed by atoms with Crippen molar-refractivity contribution >= 4 is 5.84 Å².